The van der Waals surface area contributed by atoms with E-state index in [1.54, 1.807) is 0 Å². The molecule has 3 heterocycles. The predicted octanol–water partition coefficient (Wildman–Crippen LogP) is 4.48. The first-order valence-corrected chi connectivity index (χ1v) is 11.2. The maximum atomic E-state index is 11.2. The molecule has 5 rings (SSSR count). The van der Waals surface area contributed by atoms with Crippen LogP contribution < -0.4 is 15.5 Å². The molecule has 0 aliphatic carbocycles. The van der Waals surface area contributed by atoms with E-state index in [1.807, 2.05) is 6.07 Å². The summed E-state index contributed by atoms with van der Waals surface area (Å²) in [6.07, 6.45) is -10.3. The zero-order chi connectivity index (χ0) is 26.1. The van der Waals surface area contributed by atoms with Crippen molar-refractivity contribution in [2.75, 3.05) is 36.5 Å². The number of benzene rings is 2. The smallest absolute Gasteiger partial charge is 0.375 e. The second kappa shape index (κ2) is 10.1. The van der Waals surface area contributed by atoms with E-state index in [-0.39, 0.29) is 0 Å². The molecule has 0 amide bonds. The van der Waals surface area contributed by atoms with Gasteiger partial charge >= 0.3 is 23.9 Å². The number of alkyl halides is 6. The zero-order valence-corrected chi connectivity index (χ0v) is 18.9. The third-order valence-electron chi connectivity index (χ3n) is 6.27. The van der Waals surface area contributed by atoms with Gasteiger partial charge in [-0.25, -0.2) is 0 Å². The van der Waals surface area contributed by atoms with Crippen LogP contribution in [0, 0.1) is 0 Å². The number of nitrogens with one attached hydrogen (secondary N) is 2. The minimum Gasteiger partial charge on any atom is -0.375 e. The average molecular weight is 515 g/mol. The van der Waals surface area contributed by atoms with E-state index in [2.05, 4.69) is 51.9 Å². The van der Waals surface area contributed by atoms with E-state index in [1.165, 1.54) is 28.9 Å². The second-order valence-electron chi connectivity index (χ2n) is 8.63. The molecular weight excluding hydrogens is 492 g/mol. The van der Waals surface area contributed by atoms with Crippen LogP contribution in [0.3, 0.4) is 0 Å². The monoisotopic (exact) mass is 515 g/mol. The molecule has 0 bridgehead atoms. The van der Waals surface area contributed by atoms with Gasteiger partial charge in [0, 0.05) is 47.7 Å². The Kier molecular flexibility index (Phi) is 7.28. The van der Waals surface area contributed by atoms with Crippen molar-refractivity contribution in [1.82, 2.24) is 5.32 Å². The lowest BCUT2D eigenvalue weighted by Gasteiger charge is -2.33. The number of halogens is 6. The van der Waals surface area contributed by atoms with Gasteiger partial charge in [-0.15, -0.1) is 0 Å². The van der Waals surface area contributed by atoms with Crippen molar-refractivity contribution in [2.45, 2.75) is 37.3 Å². The summed E-state index contributed by atoms with van der Waals surface area (Å²) in [6.45, 7) is 4.77. The fourth-order valence-corrected chi connectivity index (χ4v) is 4.80. The molecule has 2 aromatic carbocycles. The van der Waals surface area contributed by atoms with E-state index in [0.717, 1.165) is 38.5 Å². The third-order valence-corrected chi connectivity index (χ3v) is 6.27. The Morgan fingerprint density at radius 1 is 0.972 bits per heavy atom. The quantitative estimate of drug-likeness (QED) is 0.464. The number of carbonyl (C=O) groups excluding carboxylic acids is 2. The summed E-state index contributed by atoms with van der Waals surface area (Å²) in [4.78, 5) is 21.9. The summed E-state index contributed by atoms with van der Waals surface area (Å²) >= 11 is 0. The Hall–Kier alpha value is -3.12. The summed E-state index contributed by atoms with van der Waals surface area (Å²) in [5.41, 5.74) is 6.58. The number of piperidine rings is 1. The van der Waals surface area contributed by atoms with Crippen LogP contribution in [-0.4, -0.2) is 56.2 Å². The second-order valence-corrected chi connectivity index (χ2v) is 8.63. The number of Topliss-reactive ketones (excluding diaryl/α,β-unsaturated/α-hetero) is 2. The fraction of sp³-hybridized carbons (Fsp3) is 0.417. The van der Waals surface area contributed by atoms with Gasteiger partial charge in [-0.05, 0) is 42.8 Å². The normalized spacial score (nSPS) is 20.9. The summed E-state index contributed by atoms with van der Waals surface area (Å²) in [5.74, 6) is -6.21. The zero-order valence-electron chi connectivity index (χ0n) is 18.9. The number of fused-ring (bicyclic) bond motifs is 3. The highest BCUT2D eigenvalue weighted by molar-refractivity contribution is 6.41. The van der Waals surface area contributed by atoms with Crippen LogP contribution in [0.5, 0.6) is 0 Å². The van der Waals surface area contributed by atoms with E-state index >= 15 is 0 Å². The number of para-hydroxylation sites is 1. The highest BCUT2D eigenvalue weighted by Crippen LogP contribution is 2.47. The topological polar surface area (TPSA) is 70.7 Å². The number of hydrogen-bond donors (Lipinski definition) is 2. The Morgan fingerprint density at radius 2 is 1.64 bits per heavy atom. The molecule has 0 unspecified atom stereocenters. The highest BCUT2D eigenvalue weighted by atomic mass is 19.4. The average Bonchev–Trinajstić information content (AvgIpc) is 2.98. The van der Waals surface area contributed by atoms with Crippen LogP contribution in [0.1, 0.15) is 23.5 Å². The van der Waals surface area contributed by atoms with Crippen molar-refractivity contribution in [3.05, 3.63) is 53.6 Å². The van der Waals surface area contributed by atoms with Crippen LogP contribution in [0.2, 0.25) is 0 Å². The summed E-state index contributed by atoms with van der Waals surface area (Å²) in [7, 11) is 0. The lowest BCUT2D eigenvalue weighted by Crippen LogP contribution is -2.44. The van der Waals surface area contributed by atoms with Crippen LogP contribution in [0.4, 0.5) is 43.4 Å². The van der Waals surface area contributed by atoms with Gasteiger partial charge in [0.2, 0.25) is 0 Å². The standard InChI is InChI=1S/C20H23N3O.C4F6O2/c1-2-4-15(5-3-1)22-16-10-14-13-24-9-8-23-19-6-7-21-12-18(19)17(11-16)20(14)23;5-3(6,7)1(11)2(12)4(8,9)10/h1-5,10-11,18-19,21-22H,6-9,12-13H2;/t18-,19-;/m0./s1. The summed E-state index contributed by atoms with van der Waals surface area (Å²) in [6, 6.07) is 15.7. The van der Waals surface area contributed by atoms with Crippen LogP contribution >= 0.6 is 0 Å². The highest BCUT2D eigenvalue weighted by Gasteiger charge is 2.54. The molecule has 194 valence electrons. The molecule has 2 aromatic rings. The van der Waals surface area contributed by atoms with Crippen molar-refractivity contribution in [3.63, 3.8) is 0 Å². The van der Waals surface area contributed by atoms with Gasteiger partial charge in [0.15, 0.2) is 0 Å². The van der Waals surface area contributed by atoms with Gasteiger partial charge in [-0.3, -0.25) is 9.59 Å². The predicted molar refractivity (Wildman–Crippen MR) is 119 cm³/mol. The van der Waals surface area contributed by atoms with Gasteiger partial charge in [0.1, 0.15) is 0 Å². The minimum atomic E-state index is -5.77. The molecule has 1 saturated heterocycles. The molecule has 2 N–H and O–H groups in total. The van der Waals surface area contributed by atoms with Crippen molar-refractivity contribution < 1.29 is 40.7 Å². The maximum Gasteiger partial charge on any atom is 0.458 e. The number of hydrogen-bond acceptors (Lipinski definition) is 6. The maximum absolute atomic E-state index is 11.2. The molecule has 3 aliphatic heterocycles. The van der Waals surface area contributed by atoms with Crippen LogP contribution in [-0.2, 0) is 20.9 Å². The first kappa shape index (κ1) is 26.0. The molecule has 3 aliphatic rings. The molecule has 0 aromatic heterocycles. The first-order valence-electron chi connectivity index (χ1n) is 11.2. The molecule has 0 saturated carbocycles. The molecule has 12 heteroatoms. The van der Waals surface area contributed by atoms with Gasteiger partial charge in [-0.1, -0.05) is 18.2 Å². The summed E-state index contributed by atoms with van der Waals surface area (Å²) < 4.78 is 72.8. The number of ketones is 2. The molecule has 0 radical (unpaired) electrons. The summed E-state index contributed by atoms with van der Waals surface area (Å²) in [5, 5.41) is 7.16. The Bertz CT molecular complexity index is 1100. The van der Waals surface area contributed by atoms with Gasteiger partial charge < -0.3 is 20.3 Å². The molecule has 2 atom stereocenters. The Balaban J connectivity index is 0.000000218. The van der Waals surface area contributed by atoms with E-state index in [9.17, 15) is 35.9 Å². The first-order chi connectivity index (χ1) is 17.0. The number of carbonyl (C=O) groups is 2. The number of anilines is 3. The number of nitrogens with zero attached hydrogens (tertiary/aromatic N) is 1. The molecule has 1 fully saturated rings. The van der Waals surface area contributed by atoms with Gasteiger partial charge in [0.05, 0.1) is 13.2 Å². The largest absolute Gasteiger partial charge is 0.458 e. The van der Waals surface area contributed by atoms with Gasteiger partial charge in [-0.2, -0.15) is 26.3 Å². The van der Waals surface area contributed by atoms with E-state index in [4.69, 9.17) is 4.74 Å². The molecular formula is C24H23F6N3O3. The minimum absolute atomic E-state index is 0.600. The van der Waals surface area contributed by atoms with Crippen molar-refractivity contribution in [2.24, 2.45) is 0 Å². The Labute approximate surface area is 202 Å². The number of ether oxygens (including phenoxy) is 1. The lowest BCUT2D eigenvalue weighted by molar-refractivity contribution is -0.193. The van der Waals surface area contributed by atoms with E-state index < -0.39 is 23.9 Å². The molecule has 0 spiro atoms. The van der Waals surface area contributed by atoms with Crippen molar-refractivity contribution in [3.8, 4) is 0 Å². The molecule has 36 heavy (non-hydrogen) atoms. The Morgan fingerprint density at radius 3 is 2.28 bits per heavy atom. The van der Waals surface area contributed by atoms with E-state index in [0.29, 0.717) is 12.0 Å². The van der Waals surface area contributed by atoms with Crippen molar-refractivity contribution in [1.29, 1.82) is 0 Å². The van der Waals surface area contributed by atoms with Gasteiger partial charge in [0.25, 0.3) is 0 Å². The third kappa shape index (κ3) is 5.49. The fourth-order valence-electron chi connectivity index (χ4n) is 4.80. The number of rotatable bonds is 3. The molecule has 6 nitrogen and oxygen atoms in total. The van der Waals surface area contributed by atoms with Crippen LogP contribution in [0.25, 0.3) is 0 Å². The van der Waals surface area contributed by atoms with Crippen molar-refractivity contribution >= 4 is 28.6 Å². The lowest BCUT2D eigenvalue weighted by atomic mass is 9.89. The van der Waals surface area contributed by atoms with Crippen LogP contribution in [0.15, 0.2) is 42.5 Å². The SMILES string of the molecule is O=C(C(=O)C(F)(F)F)C(F)(F)F.c1ccc(Nc2cc3c4c(c2)[C@@H]2CNCC[C@@H]2N4CCOC3)cc1.